The number of pyridine rings is 1. The monoisotopic (exact) mass is 340 g/mol. The van der Waals surface area contributed by atoms with E-state index in [1.165, 1.54) is 19.3 Å². The van der Waals surface area contributed by atoms with Gasteiger partial charge in [-0.15, -0.1) is 0 Å². The molecule has 134 valence electrons. The van der Waals surface area contributed by atoms with Crippen molar-refractivity contribution in [2.75, 3.05) is 6.54 Å². The highest BCUT2D eigenvalue weighted by atomic mass is 16.6. The van der Waals surface area contributed by atoms with Crippen molar-refractivity contribution in [2.24, 2.45) is 23.2 Å². The van der Waals surface area contributed by atoms with Gasteiger partial charge in [-0.3, -0.25) is 9.78 Å². The lowest BCUT2D eigenvalue weighted by Crippen LogP contribution is -2.40. The van der Waals surface area contributed by atoms with Crippen molar-refractivity contribution < 1.29 is 9.53 Å². The minimum atomic E-state index is -0.0695. The van der Waals surface area contributed by atoms with E-state index in [-0.39, 0.29) is 29.3 Å². The zero-order valence-electron chi connectivity index (χ0n) is 15.2. The molecule has 25 heavy (non-hydrogen) atoms. The molecule has 0 aromatic carbocycles. The molecular weight excluding hydrogens is 312 g/mol. The van der Waals surface area contributed by atoms with Gasteiger partial charge in [-0.25, -0.2) is 0 Å². The van der Waals surface area contributed by atoms with Crippen LogP contribution in [0.2, 0.25) is 0 Å². The Hall–Kier alpha value is -1.68. The number of esters is 1. The molecule has 5 unspecified atom stereocenters. The van der Waals surface area contributed by atoms with Gasteiger partial charge in [0.05, 0.1) is 11.6 Å². The molecule has 1 aliphatic heterocycles. The van der Waals surface area contributed by atoms with Gasteiger partial charge in [0.1, 0.15) is 6.10 Å². The first-order valence-electron chi connectivity index (χ1n) is 9.60. The first-order valence-corrected chi connectivity index (χ1v) is 9.60. The van der Waals surface area contributed by atoms with Gasteiger partial charge in [-0.05, 0) is 42.7 Å². The van der Waals surface area contributed by atoms with Gasteiger partial charge >= 0.3 is 5.97 Å². The van der Waals surface area contributed by atoms with Crippen molar-refractivity contribution >= 4 is 5.97 Å². The number of rotatable bonds is 4. The number of aromatic nitrogens is 1. The number of nitrogens with zero attached hydrogens (tertiary/aromatic N) is 1. The lowest BCUT2D eigenvalue weighted by atomic mass is 9.59. The molecule has 1 aromatic heterocycles. The Morgan fingerprint density at radius 2 is 2.28 bits per heavy atom. The second-order valence-electron chi connectivity index (χ2n) is 8.29. The van der Waals surface area contributed by atoms with E-state index in [2.05, 4.69) is 30.2 Å². The van der Waals surface area contributed by atoms with Crippen molar-refractivity contribution in [3.8, 4) is 0 Å². The van der Waals surface area contributed by atoms with E-state index >= 15 is 0 Å². The fourth-order valence-corrected chi connectivity index (χ4v) is 5.14. The van der Waals surface area contributed by atoms with Crippen molar-refractivity contribution in [1.29, 1.82) is 0 Å². The predicted molar refractivity (Wildman–Crippen MR) is 96.6 cm³/mol. The maximum atomic E-state index is 12.5. The average Bonchev–Trinajstić information content (AvgIpc) is 2.88. The van der Waals surface area contributed by atoms with Crippen LogP contribution in [0.25, 0.3) is 0 Å². The highest BCUT2D eigenvalue weighted by Crippen LogP contribution is 2.53. The maximum Gasteiger partial charge on any atom is 0.311 e. The van der Waals surface area contributed by atoms with Crippen molar-refractivity contribution in [1.82, 2.24) is 10.3 Å². The molecule has 4 nitrogen and oxygen atoms in total. The largest absolute Gasteiger partial charge is 0.461 e. The van der Waals surface area contributed by atoms with Crippen LogP contribution in [-0.4, -0.2) is 23.6 Å². The molecule has 0 amide bonds. The summed E-state index contributed by atoms with van der Waals surface area (Å²) in [4.78, 5) is 16.8. The number of carbonyl (C=O) groups is 1. The smallest absolute Gasteiger partial charge is 0.311 e. The van der Waals surface area contributed by atoms with Crippen LogP contribution < -0.4 is 5.32 Å². The molecule has 4 heteroatoms. The second-order valence-corrected chi connectivity index (χ2v) is 8.29. The van der Waals surface area contributed by atoms with Gasteiger partial charge in [0.25, 0.3) is 0 Å². The fourth-order valence-electron chi connectivity index (χ4n) is 5.14. The first kappa shape index (κ1) is 16.8. The summed E-state index contributed by atoms with van der Waals surface area (Å²) >= 11 is 0. The van der Waals surface area contributed by atoms with Gasteiger partial charge in [0.2, 0.25) is 0 Å². The molecule has 1 saturated heterocycles. The van der Waals surface area contributed by atoms with Crippen LogP contribution in [0.1, 0.15) is 45.2 Å². The molecule has 0 spiro atoms. The predicted octanol–water partition coefficient (Wildman–Crippen LogP) is 3.49. The van der Waals surface area contributed by atoms with E-state index in [1.807, 2.05) is 18.2 Å². The Morgan fingerprint density at radius 1 is 1.40 bits per heavy atom. The third-order valence-corrected chi connectivity index (χ3v) is 6.48. The molecule has 1 aromatic rings. The van der Waals surface area contributed by atoms with E-state index in [0.29, 0.717) is 19.0 Å². The van der Waals surface area contributed by atoms with Crippen molar-refractivity contribution in [2.45, 2.75) is 52.2 Å². The summed E-state index contributed by atoms with van der Waals surface area (Å²) in [5.74, 6) is 0.764. The Morgan fingerprint density at radius 3 is 3.08 bits per heavy atom. The standard InChI is InChI=1S/C21H28N2O2/c1-14-6-5-8-21(2)11-19-16(10-18(14)21)17(20(24)25-19)13-22-12-15-7-3-4-9-23-15/h3-4,7,9-10,14,16-17,19,22H,5-6,8,11-13H2,1-2H3. The molecule has 5 atom stereocenters. The van der Waals surface area contributed by atoms with Gasteiger partial charge in [0.15, 0.2) is 0 Å². The molecule has 2 aliphatic carbocycles. The van der Waals surface area contributed by atoms with Crippen molar-refractivity contribution in [3.63, 3.8) is 0 Å². The van der Waals surface area contributed by atoms with E-state index in [1.54, 1.807) is 11.8 Å². The minimum Gasteiger partial charge on any atom is -0.461 e. The van der Waals surface area contributed by atoms with Crippen molar-refractivity contribution in [3.05, 3.63) is 41.7 Å². The highest BCUT2D eigenvalue weighted by molar-refractivity contribution is 5.76. The molecule has 2 fully saturated rings. The average molecular weight is 340 g/mol. The molecule has 0 bridgehead atoms. The molecule has 1 N–H and O–H groups in total. The van der Waals surface area contributed by atoms with Crippen LogP contribution >= 0.6 is 0 Å². The Bertz CT molecular complexity index is 672. The quantitative estimate of drug-likeness (QED) is 0.673. The lowest BCUT2D eigenvalue weighted by molar-refractivity contribution is -0.145. The van der Waals surface area contributed by atoms with Crippen LogP contribution in [0.4, 0.5) is 0 Å². The summed E-state index contributed by atoms with van der Waals surface area (Å²) in [5, 5.41) is 3.41. The number of allylic oxidation sites excluding steroid dienone is 1. The van der Waals surface area contributed by atoms with Gasteiger partial charge in [-0.1, -0.05) is 38.0 Å². The Labute approximate surface area is 150 Å². The summed E-state index contributed by atoms with van der Waals surface area (Å²) in [6, 6.07) is 5.90. The number of fused-ring (bicyclic) bond motifs is 2. The molecule has 1 saturated carbocycles. The zero-order chi connectivity index (χ0) is 17.4. The van der Waals surface area contributed by atoms with E-state index in [0.717, 1.165) is 12.1 Å². The summed E-state index contributed by atoms with van der Waals surface area (Å²) < 4.78 is 5.79. The maximum absolute atomic E-state index is 12.5. The number of ether oxygens (including phenoxy) is 1. The highest BCUT2D eigenvalue weighted by Gasteiger charge is 2.51. The second kappa shape index (κ2) is 6.56. The third kappa shape index (κ3) is 3.12. The van der Waals surface area contributed by atoms with Gasteiger partial charge < -0.3 is 10.1 Å². The van der Waals surface area contributed by atoms with E-state index in [4.69, 9.17) is 4.74 Å². The summed E-state index contributed by atoms with van der Waals surface area (Å²) in [7, 11) is 0. The van der Waals surface area contributed by atoms with E-state index < -0.39 is 0 Å². The first-order chi connectivity index (χ1) is 12.1. The zero-order valence-corrected chi connectivity index (χ0v) is 15.2. The Balaban J connectivity index is 1.47. The normalized spacial score (nSPS) is 37.0. The SMILES string of the molecule is CC1CCCC2(C)CC3OC(=O)C(CNCc4ccccn4)C3C=C12. The number of hydrogen-bond donors (Lipinski definition) is 1. The van der Waals surface area contributed by atoms with Crippen LogP contribution in [0.5, 0.6) is 0 Å². The van der Waals surface area contributed by atoms with Crippen LogP contribution in [0.15, 0.2) is 36.0 Å². The topological polar surface area (TPSA) is 51.2 Å². The molecular formula is C21H28N2O2. The fraction of sp³-hybridized carbons (Fsp3) is 0.619. The summed E-state index contributed by atoms with van der Waals surface area (Å²) in [6.45, 7) is 6.05. The van der Waals surface area contributed by atoms with E-state index in [9.17, 15) is 4.79 Å². The van der Waals surface area contributed by atoms with Crippen LogP contribution in [0.3, 0.4) is 0 Å². The van der Waals surface area contributed by atoms with Crippen LogP contribution in [-0.2, 0) is 16.1 Å². The molecule has 4 rings (SSSR count). The molecule has 2 heterocycles. The van der Waals surface area contributed by atoms with Gasteiger partial charge in [-0.2, -0.15) is 0 Å². The Kier molecular flexibility index (Phi) is 4.40. The number of hydrogen-bond acceptors (Lipinski definition) is 4. The van der Waals surface area contributed by atoms with Crippen LogP contribution in [0, 0.1) is 23.2 Å². The molecule has 0 radical (unpaired) electrons. The minimum absolute atomic E-state index is 0.0322. The number of carbonyl (C=O) groups excluding carboxylic acids is 1. The lowest BCUT2D eigenvalue weighted by Gasteiger charge is -2.46. The summed E-state index contributed by atoms with van der Waals surface area (Å²) in [6.07, 6.45) is 9.06. The molecule has 3 aliphatic rings. The summed E-state index contributed by atoms with van der Waals surface area (Å²) in [5.41, 5.74) is 2.81. The number of nitrogens with one attached hydrogen (secondary N) is 1. The third-order valence-electron chi connectivity index (χ3n) is 6.48. The van der Waals surface area contributed by atoms with Gasteiger partial charge in [0, 0.05) is 25.2 Å².